The van der Waals surface area contributed by atoms with Gasteiger partial charge in [-0.05, 0) is 12.3 Å². The summed E-state index contributed by atoms with van der Waals surface area (Å²) in [7, 11) is -2.09. The van der Waals surface area contributed by atoms with Crippen LogP contribution in [-0.4, -0.2) is 41.6 Å². The molecule has 1 rings (SSSR count). The Morgan fingerprint density at radius 2 is 1.94 bits per heavy atom. The minimum atomic E-state index is -3.62. The van der Waals surface area contributed by atoms with Gasteiger partial charge in [0.2, 0.25) is 10.0 Å². The number of nitrogens with one attached hydrogen (secondary N) is 1. The minimum absolute atomic E-state index is 0.0803. The fourth-order valence-electron chi connectivity index (χ4n) is 1.83. The maximum atomic E-state index is 12.4. The average molecular weight is 275 g/mol. The predicted octanol–water partition coefficient (Wildman–Crippen LogP) is 0.877. The van der Waals surface area contributed by atoms with Gasteiger partial charge < -0.3 is 5.11 Å². The lowest BCUT2D eigenvalue weighted by Gasteiger charge is -2.26. The van der Waals surface area contributed by atoms with Gasteiger partial charge in [0.15, 0.2) is 0 Å². The van der Waals surface area contributed by atoms with E-state index in [9.17, 15) is 8.42 Å². The number of hydrogen-bond donors (Lipinski definition) is 2. The SMILES string of the molecule is Cc1[nH]nc(CO)c1S(=O)(=O)N(C)CC(C)(C)C. The summed E-state index contributed by atoms with van der Waals surface area (Å²) in [6.45, 7) is 7.52. The van der Waals surface area contributed by atoms with Crippen LogP contribution in [0.3, 0.4) is 0 Å². The molecule has 0 radical (unpaired) electrons. The van der Waals surface area contributed by atoms with Crippen LogP contribution in [0.5, 0.6) is 0 Å². The van der Waals surface area contributed by atoms with Crippen LogP contribution in [0.25, 0.3) is 0 Å². The Bertz CT molecular complexity index is 514. The third kappa shape index (κ3) is 3.09. The van der Waals surface area contributed by atoms with Gasteiger partial charge in [0.05, 0.1) is 12.3 Å². The number of aliphatic hydroxyl groups is 1. The third-order valence-electron chi connectivity index (χ3n) is 2.48. The molecule has 6 nitrogen and oxygen atoms in total. The van der Waals surface area contributed by atoms with Crippen molar-refractivity contribution in [1.82, 2.24) is 14.5 Å². The van der Waals surface area contributed by atoms with Crippen LogP contribution >= 0.6 is 0 Å². The Morgan fingerprint density at radius 1 is 1.39 bits per heavy atom. The van der Waals surface area contributed by atoms with Crippen molar-refractivity contribution >= 4 is 10.0 Å². The van der Waals surface area contributed by atoms with Crippen molar-refractivity contribution in [2.45, 2.75) is 39.2 Å². The molecule has 0 atom stereocenters. The van der Waals surface area contributed by atoms with E-state index >= 15 is 0 Å². The van der Waals surface area contributed by atoms with Crippen molar-refractivity contribution in [2.24, 2.45) is 5.41 Å². The van der Waals surface area contributed by atoms with Crippen molar-refractivity contribution in [3.63, 3.8) is 0 Å². The summed E-state index contributed by atoms with van der Waals surface area (Å²) in [6.07, 6.45) is 0. The topological polar surface area (TPSA) is 86.3 Å². The fourth-order valence-corrected chi connectivity index (χ4v) is 3.54. The summed E-state index contributed by atoms with van der Waals surface area (Å²) < 4.78 is 26.1. The lowest BCUT2D eigenvalue weighted by molar-refractivity contribution is 0.272. The summed E-state index contributed by atoms with van der Waals surface area (Å²) in [5, 5.41) is 15.5. The lowest BCUT2D eigenvalue weighted by Crippen LogP contribution is -2.35. The van der Waals surface area contributed by atoms with E-state index in [1.54, 1.807) is 6.92 Å². The van der Waals surface area contributed by atoms with Crippen molar-refractivity contribution in [2.75, 3.05) is 13.6 Å². The minimum Gasteiger partial charge on any atom is -0.390 e. The normalized spacial score (nSPS) is 13.3. The third-order valence-corrected chi connectivity index (χ3v) is 4.48. The molecule has 0 saturated heterocycles. The van der Waals surface area contributed by atoms with Crippen molar-refractivity contribution < 1.29 is 13.5 Å². The van der Waals surface area contributed by atoms with Crippen molar-refractivity contribution in [1.29, 1.82) is 0 Å². The zero-order valence-corrected chi connectivity index (χ0v) is 12.3. The summed E-state index contributed by atoms with van der Waals surface area (Å²) in [5.41, 5.74) is 0.465. The summed E-state index contributed by atoms with van der Waals surface area (Å²) in [6, 6.07) is 0. The van der Waals surface area contributed by atoms with E-state index in [2.05, 4.69) is 10.2 Å². The van der Waals surface area contributed by atoms with Gasteiger partial charge in [-0.25, -0.2) is 12.7 Å². The van der Waals surface area contributed by atoms with E-state index in [0.717, 1.165) is 0 Å². The number of H-pyrrole nitrogens is 1. The molecule has 2 N–H and O–H groups in total. The second-order valence-electron chi connectivity index (χ2n) is 5.60. The van der Waals surface area contributed by atoms with Crippen LogP contribution in [0.15, 0.2) is 4.90 Å². The van der Waals surface area contributed by atoms with Gasteiger partial charge >= 0.3 is 0 Å². The van der Waals surface area contributed by atoms with Crippen molar-refractivity contribution in [3.05, 3.63) is 11.4 Å². The Kier molecular flexibility index (Phi) is 4.19. The smallest absolute Gasteiger partial charge is 0.246 e. The summed E-state index contributed by atoms with van der Waals surface area (Å²) >= 11 is 0. The van der Waals surface area contributed by atoms with Gasteiger partial charge in [-0.1, -0.05) is 20.8 Å². The maximum absolute atomic E-state index is 12.4. The number of aromatic amines is 1. The standard InChI is InChI=1S/C11H21N3O3S/c1-8-10(9(6-15)13-12-8)18(16,17)14(5)7-11(2,3)4/h15H,6-7H2,1-5H3,(H,12,13). The van der Waals surface area contributed by atoms with Crippen LogP contribution in [0.4, 0.5) is 0 Å². The Labute approximate surface area is 108 Å². The van der Waals surface area contributed by atoms with E-state index in [-0.39, 0.29) is 16.0 Å². The zero-order valence-electron chi connectivity index (χ0n) is 11.5. The molecule has 0 saturated carbocycles. The van der Waals surface area contributed by atoms with Gasteiger partial charge in [0, 0.05) is 13.6 Å². The molecule has 0 aromatic carbocycles. The maximum Gasteiger partial charge on any atom is 0.246 e. The van der Waals surface area contributed by atoms with E-state index in [4.69, 9.17) is 5.11 Å². The van der Waals surface area contributed by atoms with Crippen LogP contribution in [0.2, 0.25) is 0 Å². The molecule has 0 bridgehead atoms. The zero-order chi connectivity index (χ0) is 14.1. The molecule has 104 valence electrons. The quantitative estimate of drug-likeness (QED) is 0.854. The molecular formula is C11H21N3O3S. The molecule has 1 heterocycles. The fraction of sp³-hybridized carbons (Fsp3) is 0.727. The number of nitrogens with zero attached hydrogens (tertiary/aromatic N) is 2. The highest BCUT2D eigenvalue weighted by molar-refractivity contribution is 7.89. The Morgan fingerprint density at radius 3 is 2.39 bits per heavy atom. The number of aryl methyl sites for hydroxylation is 1. The van der Waals surface area contributed by atoms with Gasteiger partial charge in [0.1, 0.15) is 10.6 Å². The molecule has 0 aliphatic rings. The first-order valence-electron chi connectivity index (χ1n) is 5.70. The first-order valence-corrected chi connectivity index (χ1v) is 7.14. The number of aromatic nitrogens is 2. The lowest BCUT2D eigenvalue weighted by atomic mass is 9.97. The summed E-state index contributed by atoms with van der Waals surface area (Å²) in [4.78, 5) is 0.0803. The molecule has 1 aromatic rings. The van der Waals surface area contributed by atoms with Gasteiger partial charge in [-0.3, -0.25) is 5.10 Å². The summed E-state index contributed by atoms with van der Waals surface area (Å²) in [5.74, 6) is 0. The molecule has 18 heavy (non-hydrogen) atoms. The van der Waals surface area contributed by atoms with Crippen LogP contribution in [0, 0.1) is 12.3 Å². The number of aliphatic hydroxyl groups excluding tert-OH is 1. The molecule has 0 amide bonds. The molecule has 7 heteroatoms. The monoisotopic (exact) mass is 275 g/mol. The Balaban J connectivity index is 3.17. The number of sulfonamides is 1. The van der Waals surface area contributed by atoms with E-state index in [1.807, 2.05) is 20.8 Å². The van der Waals surface area contributed by atoms with E-state index in [1.165, 1.54) is 11.4 Å². The molecule has 0 fully saturated rings. The molecule has 0 spiro atoms. The van der Waals surface area contributed by atoms with E-state index < -0.39 is 16.6 Å². The molecule has 0 aliphatic heterocycles. The molecular weight excluding hydrogens is 254 g/mol. The van der Waals surface area contributed by atoms with Crippen LogP contribution < -0.4 is 0 Å². The van der Waals surface area contributed by atoms with E-state index in [0.29, 0.717) is 12.2 Å². The highest BCUT2D eigenvalue weighted by Crippen LogP contribution is 2.24. The van der Waals surface area contributed by atoms with Gasteiger partial charge in [-0.15, -0.1) is 0 Å². The molecule has 0 aliphatic carbocycles. The Hall–Kier alpha value is -0.920. The van der Waals surface area contributed by atoms with Gasteiger partial charge in [-0.2, -0.15) is 5.10 Å². The number of hydrogen-bond acceptors (Lipinski definition) is 4. The first kappa shape index (κ1) is 15.1. The van der Waals surface area contributed by atoms with Crippen LogP contribution in [0.1, 0.15) is 32.2 Å². The molecule has 0 unspecified atom stereocenters. The first-order chi connectivity index (χ1) is 8.09. The average Bonchev–Trinajstić information content (AvgIpc) is 2.57. The van der Waals surface area contributed by atoms with Crippen LogP contribution in [-0.2, 0) is 16.6 Å². The second kappa shape index (κ2) is 4.99. The van der Waals surface area contributed by atoms with Crippen molar-refractivity contribution in [3.8, 4) is 0 Å². The highest BCUT2D eigenvalue weighted by atomic mass is 32.2. The van der Waals surface area contributed by atoms with Gasteiger partial charge in [0.25, 0.3) is 0 Å². The number of rotatable bonds is 4. The largest absolute Gasteiger partial charge is 0.390 e. The highest BCUT2D eigenvalue weighted by Gasteiger charge is 2.30. The molecule has 1 aromatic heterocycles. The predicted molar refractivity (Wildman–Crippen MR) is 68.5 cm³/mol. The second-order valence-corrected chi connectivity index (χ2v) is 7.59.